The summed E-state index contributed by atoms with van der Waals surface area (Å²) in [6.07, 6.45) is 2.81. The van der Waals surface area contributed by atoms with E-state index in [1.807, 2.05) is 12.3 Å². The topological polar surface area (TPSA) is 68.0 Å². The first kappa shape index (κ1) is 14.5. The fourth-order valence-electron chi connectivity index (χ4n) is 2.39. The maximum absolute atomic E-state index is 12.4. The molecule has 1 fully saturated rings. The van der Waals surface area contributed by atoms with Crippen LogP contribution < -0.4 is 11.1 Å². The summed E-state index contributed by atoms with van der Waals surface area (Å²) in [6, 6.07) is -0.0467. The summed E-state index contributed by atoms with van der Waals surface area (Å²) in [4.78, 5) is 16.9. The molecular formula is C14H23N3OS. The SMILES string of the molecule is CC(C)(C)c1csc(NC(=O)C2(C)CCCC2N)n1. The Bertz CT molecular complexity index is 477. The predicted octanol–water partition coefficient (Wildman–Crippen LogP) is 2.90. The molecule has 0 aliphatic heterocycles. The zero-order valence-corrected chi connectivity index (χ0v) is 12.9. The first-order chi connectivity index (χ1) is 8.73. The van der Waals surface area contributed by atoms with Gasteiger partial charge in [-0.2, -0.15) is 0 Å². The van der Waals surface area contributed by atoms with Crippen molar-refractivity contribution in [3.05, 3.63) is 11.1 Å². The number of carbonyl (C=O) groups excluding carboxylic acids is 1. The van der Waals surface area contributed by atoms with Crippen LogP contribution in [-0.2, 0) is 10.2 Å². The second-order valence-corrected chi connectivity index (χ2v) is 7.52. The van der Waals surface area contributed by atoms with Crippen LogP contribution in [0.5, 0.6) is 0 Å². The lowest BCUT2D eigenvalue weighted by molar-refractivity contribution is -0.125. The molecule has 0 radical (unpaired) electrons. The highest BCUT2D eigenvalue weighted by Crippen LogP contribution is 2.38. The van der Waals surface area contributed by atoms with Gasteiger partial charge in [-0.05, 0) is 19.8 Å². The second-order valence-electron chi connectivity index (χ2n) is 6.66. The van der Waals surface area contributed by atoms with Crippen LogP contribution in [0.4, 0.5) is 5.13 Å². The number of nitrogens with two attached hydrogens (primary N) is 1. The number of hydrogen-bond donors (Lipinski definition) is 2. The van der Waals surface area contributed by atoms with Crippen LogP contribution in [0.25, 0.3) is 0 Å². The molecule has 1 heterocycles. The first-order valence-electron chi connectivity index (χ1n) is 6.76. The zero-order valence-electron chi connectivity index (χ0n) is 12.1. The highest BCUT2D eigenvalue weighted by atomic mass is 32.1. The van der Waals surface area contributed by atoms with Crippen molar-refractivity contribution in [1.29, 1.82) is 0 Å². The molecular weight excluding hydrogens is 258 g/mol. The number of nitrogens with zero attached hydrogens (tertiary/aromatic N) is 1. The molecule has 2 rings (SSSR count). The van der Waals surface area contributed by atoms with E-state index < -0.39 is 5.41 Å². The maximum Gasteiger partial charge on any atom is 0.233 e. The molecule has 1 aromatic rings. The Balaban J connectivity index is 2.09. The summed E-state index contributed by atoms with van der Waals surface area (Å²) in [6.45, 7) is 8.30. The molecule has 3 N–H and O–H groups in total. The third kappa shape index (κ3) is 2.82. The molecule has 2 unspecified atom stereocenters. The summed E-state index contributed by atoms with van der Waals surface area (Å²) >= 11 is 1.48. The van der Waals surface area contributed by atoms with E-state index in [4.69, 9.17) is 5.73 Å². The molecule has 1 aliphatic carbocycles. The number of rotatable bonds is 2. The lowest BCUT2D eigenvalue weighted by atomic mass is 9.84. The Morgan fingerprint density at radius 2 is 2.26 bits per heavy atom. The molecule has 5 heteroatoms. The van der Waals surface area contributed by atoms with Crippen LogP contribution >= 0.6 is 11.3 Å². The average Bonchev–Trinajstić information content (AvgIpc) is 2.87. The minimum Gasteiger partial charge on any atom is -0.327 e. The van der Waals surface area contributed by atoms with E-state index in [0.29, 0.717) is 5.13 Å². The van der Waals surface area contributed by atoms with Gasteiger partial charge < -0.3 is 11.1 Å². The van der Waals surface area contributed by atoms with Gasteiger partial charge in [0.15, 0.2) is 5.13 Å². The highest BCUT2D eigenvalue weighted by molar-refractivity contribution is 7.14. The molecule has 1 aliphatic rings. The van der Waals surface area contributed by atoms with Gasteiger partial charge in [0.1, 0.15) is 0 Å². The number of amides is 1. The van der Waals surface area contributed by atoms with E-state index in [2.05, 4.69) is 31.1 Å². The van der Waals surface area contributed by atoms with Crippen molar-refractivity contribution >= 4 is 22.4 Å². The van der Waals surface area contributed by atoms with Gasteiger partial charge >= 0.3 is 0 Å². The number of aromatic nitrogens is 1. The third-order valence-electron chi connectivity index (χ3n) is 4.04. The van der Waals surface area contributed by atoms with Crippen molar-refractivity contribution in [2.75, 3.05) is 5.32 Å². The van der Waals surface area contributed by atoms with Crippen molar-refractivity contribution in [3.63, 3.8) is 0 Å². The van der Waals surface area contributed by atoms with Crippen molar-refractivity contribution in [2.24, 2.45) is 11.1 Å². The molecule has 1 amide bonds. The number of carbonyl (C=O) groups is 1. The fourth-order valence-corrected chi connectivity index (χ4v) is 3.32. The molecule has 0 spiro atoms. The number of nitrogens with one attached hydrogen (secondary N) is 1. The minimum absolute atomic E-state index is 0.00677. The van der Waals surface area contributed by atoms with Crippen LogP contribution in [0.1, 0.15) is 52.7 Å². The van der Waals surface area contributed by atoms with E-state index in [-0.39, 0.29) is 17.4 Å². The average molecular weight is 281 g/mol. The summed E-state index contributed by atoms with van der Waals surface area (Å²) < 4.78 is 0. The smallest absolute Gasteiger partial charge is 0.233 e. The highest BCUT2D eigenvalue weighted by Gasteiger charge is 2.43. The first-order valence-corrected chi connectivity index (χ1v) is 7.64. The van der Waals surface area contributed by atoms with E-state index >= 15 is 0 Å². The van der Waals surface area contributed by atoms with Crippen LogP contribution in [-0.4, -0.2) is 16.9 Å². The standard InChI is InChI=1S/C14H23N3OS/c1-13(2,3)10-8-19-12(16-10)17-11(18)14(4)7-5-6-9(14)15/h8-9H,5-7,15H2,1-4H3,(H,16,17,18). The molecule has 19 heavy (non-hydrogen) atoms. The van der Waals surface area contributed by atoms with Gasteiger partial charge in [-0.15, -0.1) is 11.3 Å². The monoisotopic (exact) mass is 281 g/mol. The number of thiazole rings is 1. The zero-order chi connectivity index (χ0) is 14.3. The third-order valence-corrected chi connectivity index (χ3v) is 4.80. The van der Waals surface area contributed by atoms with Crippen molar-refractivity contribution in [1.82, 2.24) is 4.98 Å². The molecule has 0 saturated heterocycles. The van der Waals surface area contributed by atoms with E-state index in [1.165, 1.54) is 11.3 Å². The lowest BCUT2D eigenvalue weighted by Gasteiger charge is -2.26. The molecule has 0 aromatic carbocycles. The van der Waals surface area contributed by atoms with Gasteiger partial charge in [-0.1, -0.05) is 27.2 Å². The lowest BCUT2D eigenvalue weighted by Crippen LogP contribution is -2.44. The van der Waals surface area contributed by atoms with Crippen LogP contribution in [0.15, 0.2) is 5.38 Å². The van der Waals surface area contributed by atoms with Crippen molar-refractivity contribution < 1.29 is 4.79 Å². The Hall–Kier alpha value is -0.940. The molecule has 0 bridgehead atoms. The summed E-state index contributed by atoms with van der Waals surface area (Å²) in [7, 11) is 0. The minimum atomic E-state index is -0.451. The second kappa shape index (κ2) is 4.87. The van der Waals surface area contributed by atoms with Crippen molar-refractivity contribution in [3.8, 4) is 0 Å². The van der Waals surface area contributed by atoms with E-state index in [0.717, 1.165) is 25.0 Å². The largest absolute Gasteiger partial charge is 0.327 e. The number of anilines is 1. The Labute approximate surface area is 118 Å². The summed E-state index contributed by atoms with van der Waals surface area (Å²) in [5.41, 5.74) is 6.63. The molecule has 2 atom stereocenters. The normalized spacial score (nSPS) is 27.5. The number of hydrogen-bond acceptors (Lipinski definition) is 4. The van der Waals surface area contributed by atoms with Gasteiger partial charge in [0.2, 0.25) is 5.91 Å². The molecule has 1 saturated carbocycles. The molecule has 106 valence electrons. The fraction of sp³-hybridized carbons (Fsp3) is 0.714. The van der Waals surface area contributed by atoms with Gasteiger partial charge in [-0.3, -0.25) is 4.79 Å². The van der Waals surface area contributed by atoms with Gasteiger partial charge in [0.25, 0.3) is 0 Å². The van der Waals surface area contributed by atoms with Crippen LogP contribution in [0, 0.1) is 5.41 Å². The van der Waals surface area contributed by atoms with E-state index in [9.17, 15) is 4.79 Å². The molecule has 1 aromatic heterocycles. The Morgan fingerprint density at radius 1 is 1.58 bits per heavy atom. The predicted molar refractivity (Wildman–Crippen MR) is 79.4 cm³/mol. The summed E-state index contributed by atoms with van der Waals surface area (Å²) in [5.74, 6) is 0.00677. The molecule has 4 nitrogen and oxygen atoms in total. The van der Waals surface area contributed by atoms with Crippen LogP contribution in [0.2, 0.25) is 0 Å². The Kier molecular flexibility index (Phi) is 3.71. The van der Waals surface area contributed by atoms with Crippen molar-refractivity contribution in [2.45, 2.75) is 58.4 Å². The van der Waals surface area contributed by atoms with E-state index in [1.54, 1.807) is 0 Å². The van der Waals surface area contributed by atoms with Crippen LogP contribution in [0.3, 0.4) is 0 Å². The quantitative estimate of drug-likeness (QED) is 0.876. The van der Waals surface area contributed by atoms with Gasteiger partial charge in [0, 0.05) is 16.8 Å². The Morgan fingerprint density at radius 3 is 2.74 bits per heavy atom. The maximum atomic E-state index is 12.4. The van der Waals surface area contributed by atoms with Gasteiger partial charge in [0.05, 0.1) is 11.1 Å². The summed E-state index contributed by atoms with van der Waals surface area (Å²) in [5, 5.41) is 5.62. The van der Waals surface area contributed by atoms with Gasteiger partial charge in [-0.25, -0.2) is 4.98 Å².